The van der Waals surface area contributed by atoms with Crippen molar-refractivity contribution in [1.82, 2.24) is 9.97 Å². The lowest BCUT2D eigenvalue weighted by atomic mass is 10.3. The number of hydrogen-bond donors (Lipinski definition) is 0. The standard InChI is InChI=1S/C11H9ClN2OS/c1-16-9-5-3-2-4-8(9)15-11-10(12)13-6-7-14-11/h2-7H,1H3. The fourth-order valence-corrected chi connectivity index (χ4v) is 1.85. The Kier molecular flexibility index (Phi) is 3.64. The van der Waals surface area contributed by atoms with E-state index in [2.05, 4.69) is 9.97 Å². The minimum absolute atomic E-state index is 0.262. The first-order valence-electron chi connectivity index (χ1n) is 4.58. The van der Waals surface area contributed by atoms with Crippen molar-refractivity contribution in [2.24, 2.45) is 0 Å². The molecule has 82 valence electrons. The van der Waals surface area contributed by atoms with E-state index in [4.69, 9.17) is 16.3 Å². The van der Waals surface area contributed by atoms with Crippen LogP contribution < -0.4 is 4.74 Å². The summed E-state index contributed by atoms with van der Waals surface area (Å²) in [5, 5.41) is 0.262. The molecular weight excluding hydrogens is 244 g/mol. The molecule has 5 heteroatoms. The van der Waals surface area contributed by atoms with Crippen LogP contribution in [0.4, 0.5) is 0 Å². The van der Waals surface area contributed by atoms with Crippen LogP contribution in [0.25, 0.3) is 0 Å². The van der Waals surface area contributed by atoms with Gasteiger partial charge in [-0.15, -0.1) is 11.8 Å². The lowest BCUT2D eigenvalue weighted by molar-refractivity contribution is 0.450. The summed E-state index contributed by atoms with van der Waals surface area (Å²) < 4.78 is 5.60. The molecular formula is C11H9ClN2OS. The molecule has 0 unspecified atom stereocenters. The second kappa shape index (κ2) is 5.18. The third kappa shape index (κ3) is 2.46. The van der Waals surface area contributed by atoms with Crippen molar-refractivity contribution in [2.75, 3.05) is 6.26 Å². The molecule has 0 aliphatic rings. The molecule has 1 aromatic carbocycles. The van der Waals surface area contributed by atoms with Crippen LogP contribution in [0, 0.1) is 0 Å². The molecule has 0 aliphatic heterocycles. The first kappa shape index (κ1) is 11.2. The first-order chi connectivity index (χ1) is 7.81. The predicted molar refractivity (Wildman–Crippen MR) is 65.3 cm³/mol. The summed E-state index contributed by atoms with van der Waals surface area (Å²) >= 11 is 7.47. The Morgan fingerprint density at radius 3 is 2.69 bits per heavy atom. The zero-order chi connectivity index (χ0) is 11.4. The van der Waals surface area contributed by atoms with Gasteiger partial charge in [-0.3, -0.25) is 0 Å². The van der Waals surface area contributed by atoms with Crippen molar-refractivity contribution in [3.8, 4) is 11.6 Å². The average molecular weight is 253 g/mol. The number of rotatable bonds is 3. The minimum atomic E-state index is 0.262. The second-order valence-corrected chi connectivity index (χ2v) is 4.11. The van der Waals surface area contributed by atoms with Gasteiger partial charge < -0.3 is 4.74 Å². The molecule has 0 N–H and O–H groups in total. The summed E-state index contributed by atoms with van der Waals surface area (Å²) in [5.74, 6) is 1.06. The number of benzene rings is 1. The van der Waals surface area contributed by atoms with Gasteiger partial charge in [-0.1, -0.05) is 23.7 Å². The third-order valence-corrected chi connectivity index (χ3v) is 2.93. The average Bonchev–Trinajstić information content (AvgIpc) is 2.33. The summed E-state index contributed by atoms with van der Waals surface area (Å²) in [6.07, 6.45) is 5.05. The molecule has 2 rings (SSSR count). The maximum absolute atomic E-state index is 5.86. The van der Waals surface area contributed by atoms with Crippen LogP contribution in [0.2, 0.25) is 5.15 Å². The number of hydrogen-bond acceptors (Lipinski definition) is 4. The lowest BCUT2D eigenvalue weighted by Crippen LogP contribution is -1.91. The van der Waals surface area contributed by atoms with Crippen molar-refractivity contribution in [2.45, 2.75) is 4.90 Å². The summed E-state index contributed by atoms with van der Waals surface area (Å²) in [7, 11) is 0. The van der Waals surface area contributed by atoms with E-state index in [1.165, 1.54) is 6.20 Å². The fourth-order valence-electron chi connectivity index (χ4n) is 1.18. The van der Waals surface area contributed by atoms with E-state index < -0.39 is 0 Å². The maximum Gasteiger partial charge on any atom is 0.257 e. The van der Waals surface area contributed by atoms with Gasteiger partial charge in [-0.2, -0.15) is 0 Å². The van der Waals surface area contributed by atoms with Crippen LogP contribution in [-0.2, 0) is 0 Å². The highest BCUT2D eigenvalue weighted by Crippen LogP contribution is 2.32. The largest absolute Gasteiger partial charge is 0.435 e. The molecule has 0 spiro atoms. The SMILES string of the molecule is CSc1ccccc1Oc1nccnc1Cl. The van der Waals surface area contributed by atoms with Gasteiger partial charge in [-0.05, 0) is 18.4 Å². The molecule has 0 aliphatic carbocycles. The molecule has 0 bridgehead atoms. The molecule has 16 heavy (non-hydrogen) atoms. The number of aromatic nitrogens is 2. The van der Waals surface area contributed by atoms with E-state index in [0.717, 1.165) is 10.6 Å². The van der Waals surface area contributed by atoms with Crippen LogP contribution in [0.15, 0.2) is 41.6 Å². The smallest absolute Gasteiger partial charge is 0.257 e. The molecule has 0 saturated carbocycles. The van der Waals surface area contributed by atoms with Gasteiger partial charge >= 0.3 is 0 Å². The molecule has 3 nitrogen and oxygen atoms in total. The van der Waals surface area contributed by atoms with Crippen molar-refractivity contribution >= 4 is 23.4 Å². The third-order valence-electron chi connectivity index (χ3n) is 1.90. The van der Waals surface area contributed by atoms with Crippen molar-refractivity contribution in [1.29, 1.82) is 0 Å². The normalized spacial score (nSPS) is 10.1. The highest BCUT2D eigenvalue weighted by molar-refractivity contribution is 7.98. The molecule has 0 amide bonds. The Morgan fingerprint density at radius 1 is 1.19 bits per heavy atom. The summed E-state index contributed by atoms with van der Waals surface area (Å²) in [5.41, 5.74) is 0. The lowest BCUT2D eigenvalue weighted by Gasteiger charge is -2.08. The van der Waals surface area contributed by atoms with Gasteiger partial charge in [0, 0.05) is 17.3 Å². The van der Waals surface area contributed by atoms with E-state index in [1.54, 1.807) is 18.0 Å². The maximum atomic E-state index is 5.86. The zero-order valence-electron chi connectivity index (χ0n) is 8.55. The number of thioether (sulfide) groups is 1. The molecule has 0 atom stereocenters. The van der Waals surface area contributed by atoms with Gasteiger partial charge in [0.25, 0.3) is 5.88 Å². The minimum Gasteiger partial charge on any atom is -0.435 e. The van der Waals surface area contributed by atoms with Crippen LogP contribution in [0.1, 0.15) is 0 Å². The van der Waals surface area contributed by atoms with Gasteiger partial charge in [0.05, 0.1) is 0 Å². The predicted octanol–water partition coefficient (Wildman–Crippen LogP) is 3.64. The highest BCUT2D eigenvalue weighted by atomic mass is 35.5. The fraction of sp³-hybridized carbons (Fsp3) is 0.0909. The van der Waals surface area contributed by atoms with E-state index >= 15 is 0 Å². The van der Waals surface area contributed by atoms with Gasteiger partial charge in [0.15, 0.2) is 5.15 Å². The summed E-state index contributed by atoms with van der Waals surface area (Å²) in [6, 6.07) is 7.71. The monoisotopic (exact) mass is 252 g/mol. The van der Waals surface area contributed by atoms with Gasteiger partial charge in [0.2, 0.25) is 0 Å². The van der Waals surface area contributed by atoms with Crippen LogP contribution >= 0.6 is 23.4 Å². The molecule has 1 heterocycles. The van der Waals surface area contributed by atoms with E-state index in [-0.39, 0.29) is 5.15 Å². The number of halogens is 1. The summed E-state index contributed by atoms with van der Waals surface area (Å²) in [6.45, 7) is 0. The Bertz CT molecular complexity index is 493. The van der Waals surface area contributed by atoms with E-state index in [9.17, 15) is 0 Å². The number of para-hydroxylation sites is 1. The quantitative estimate of drug-likeness (QED) is 0.781. The molecule has 1 aromatic heterocycles. The van der Waals surface area contributed by atoms with Crippen LogP contribution in [0.5, 0.6) is 11.6 Å². The van der Waals surface area contributed by atoms with Crippen LogP contribution in [0.3, 0.4) is 0 Å². The zero-order valence-corrected chi connectivity index (χ0v) is 10.1. The summed E-state index contributed by atoms with van der Waals surface area (Å²) in [4.78, 5) is 8.96. The second-order valence-electron chi connectivity index (χ2n) is 2.91. The molecule has 0 saturated heterocycles. The number of ether oxygens (including phenoxy) is 1. The Morgan fingerprint density at radius 2 is 1.94 bits per heavy atom. The topological polar surface area (TPSA) is 35.0 Å². The Hall–Kier alpha value is -1.26. The molecule has 0 fully saturated rings. The van der Waals surface area contributed by atoms with Gasteiger partial charge in [-0.25, -0.2) is 9.97 Å². The van der Waals surface area contributed by atoms with Crippen molar-refractivity contribution in [3.63, 3.8) is 0 Å². The van der Waals surface area contributed by atoms with Crippen molar-refractivity contribution in [3.05, 3.63) is 41.8 Å². The van der Waals surface area contributed by atoms with E-state index in [1.807, 2.05) is 30.5 Å². The molecule has 0 radical (unpaired) electrons. The highest BCUT2D eigenvalue weighted by Gasteiger charge is 2.07. The van der Waals surface area contributed by atoms with Crippen LogP contribution in [-0.4, -0.2) is 16.2 Å². The number of nitrogens with zero attached hydrogens (tertiary/aromatic N) is 2. The first-order valence-corrected chi connectivity index (χ1v) is 6.19. The van der Waals surface area contributed by atoms with E-state index in [0.29, 0.717) is 5.88 Å². The van der Waals surface area contributed by atoms with Gasteiger partial charge in [0.1, 0.15) is 5.75 Å². The Balaban J connectivity index is 2.30. The Labute approximate surface area is 103 Å². The van der Waals surface area contributed by atoms with Crippen molar-refractivity contribution < 1.29 is 4.74 Å². The molecule has 2 aromatic rings.